The van der Waals surface area contributed by atoms with Crippen molar-refractivity contribution in [3.8, 4) is 16.9 Å². The Morgan fingerprint density at radius 2 is 1.82 bits per heavy atom. The Balaban J connectivity index is 1.70. The van der Waals surface area contributed by atoms with E-state index in [-0.39, 0.29) is 47.4 Å². The van der Waals surface area contributed by atoms with E-state index in [0.717, 1.165) is 0 Å². The standard InChI is InChI=1S/C28H31F3N7O6P/c1-3-32-26(40)20-12-18(19-13-34-38(15-19)9-4-10-39)6-8-22(20)35-25-21(28(29,30)31)14-33-27(37-25)36-23-7-5-17(11-24(23)44-2)16-45(41,42)43/h5-8,11-15,39H,3-4,9-10,16H2,1-2H3,(H,32,40)(H2,41,42,43)(H2,33,35,36,37). The number of benzene rings is 2. The van der Waals surface area contributed by atoms with Crippen LogP contribution in [0.5, 0.6) is 5.75 Å². The minimum atomic E-state index is -4.85. The number of carbonyl (C=O) groups is 1. The number of methoxy groups -OCH3 is 1. The van der Waals surface area contributed by atoms with E-state index in [1.807, 2.05) is 0 Å². The van der Waals surface area contributed by atoms with E-state index < -0.39 is 37.2 Å². The van der Waals surface area contributed by atoms with Crippen LogP contribution in [0.3, 0.4) is 0 Å². The molecule has 0 aliphatic rings. The molecule has 240 valence electrons. The van der Waals surface area contributed by atoms with Crippen LogP contribution in [-0.4, -0.2) is 60.8 Å². The molecule has 6 N–H and O–H groups in total. The van der Waals surface area contributed by atoms with Crippen LogP contribution in [0, 0.1) is 0 Å². The predicted octanol–water partition coefficient (Wildman–Crippen LogP) is 4.66. The van der Waals surface area contributed by atoms with Crippen molar-refractivity contribution in [3.05, 3.63) is 71.7 Å². The number of alkyl halides is 3. The van der Waals surface area contributed by atoms with E-state index in [0.29, 0.717) is 30.3 Å². The predicted molar refractivity (Wildman–Crippen MR) is 160 cm³/mol. The molecule has 0 atom stereocenters. The second-order valence-electron chi connectivity index (χ2n) is 9.75. The summed E-state index contributed by atoms with van der Waals surface area (Å²) in [6.45, 7) is 2.45. The Morgan fingerprint density at radius 1 is 1.07 bits per heavy atom. The topological polar surface area (TPSA) is 184 Å². The molecule has 13 nitrogen and oxygen atoms in total. The number of halogens is 3. The molecule has 17 heteroatoms. The van der Waals surface area contributed by atoms with Crippen LogP contribution in [0.25, 0.3) is 11.1 Å². The summed E-state index contributed by atoms with van der Waals surface area (Å²) in [4.78, 5) is 39.4. The molecule has 0 radical (unpaired) electrons. The molecule has 0 aliphatic heterocycles. The first-order valence-electron chi connectivity index (χ1n) is 13.6. The number of rotatable bonds is 13. The quantitative estimate of drug-likeness (QED) is 0.111. The van der Waals surface area contributed by atoms with Crippen molar-refractivity contribution in [2.75, 3.05) is 30.9 Å². The van der Waals surface area contributed by atoms with E-state index in [4.69, 9.17) is 9.84 Å². The minimum Gasteiger partial charge on any atom is -0.495 e. The van der Waals surface area contributed by atoms with Gasteiger partial charge in [0.05, 0.1) is 36.4 Å². The lowest BCUT2D eigenvalue weighted by atomic mass is 10.0. The van der Waals surface area contributed by atoms with E-state index in [1.54, 1.807) is 30.1 Å². The largest absolute Gasteiger partial charge is 0.495 e. The smallest absolute Gasteiger partial charge is 0.421 e. The van der Waals surface area contributed by atoms with Crippen molar-refractivity contribution in [2.45, 2.75) is 32.2 Å². The van der Waals surface area contributed by atoms with Gasteiger partial charge in [0.1, 0.15) is 17.1 Å². The molecule has 2 heterocycles. The molecular weight excluding hydrogens is 618 g/mol. The fraction of sp³-hybridized carbons (Fsp3) is 0.286. The van der Waals surface area contributed by atoms with Crippen molar-refractivity contribution in [1.29, 1.82) is 0 Å². The summed E-state index contributed by atoms with van der Waals surface area (Å²) in [7, 11) is -3.04. The molecular formula is C28H31F3N7O6P. The van der Waals surface area contributed by atoms with Gasteiger partial charge in [-0.2, -0.15) is 23.3 Å². The van der Waals surface area contributed by atoms with Gasteiger partial charge in [-0.3, -0.25) is 14.0 Å². The summed E-state index contributed by atoms with van der Waals surface area (Å²) in [6, 6.07) is 8.83. The van der Waals surface area contributed by atoms with Crippen LogP contribution in [0.2, 0.25) is 0 Å². The molecule has 0 spiro atoms. The monoisotopic (exact) mass is 649 g/mol. The number of aryl methyl sites for hydroxylation is 1. The summed E-state index contributed by atoms with van der Waals surface area (Å²) in [5.41, 5.74) is 0.675. The van der Waals surface area contributed by atoms with Gasteiger partial charge in [-0.05, 0) is 48.7 Å². The number of aliphatic hydroxyl groups is 1. The number of anilines is 4. The highest BCUT2D eigenvalue weighted by Gasteiger charge is 2.36. The van der Waals surface area contributed by atoms with Gasteiger partial charge in [-0.15, -0.1) is 0 Å². The average Bonchev–Trinajstić information content (AvgIpc) is 3.45. The summed E-state index contributed by atoms with van der Waals surface area (Å²) in [5, 5.41) is 21.4. The number of amides is 1. The highest BCUT2D eigenvalue weighted by atomic mass is 31.2. The third-order valence-corrected chi connectivity index (χ3v) is 7.14. The molecule has 45 heavy (non-hydrogen) atoms. The van der Waals surface area contributed by atoms with Crippen LogP contribution in [0.15, 0.2) is 55.0 Å². The number of carbonyl (C=O) groups excluding carboxylic acids is 1. The Hall–Kier alpha value is -4.50. The summed E-state index contributed by atoms with van der Waals surface area (Å²) >= 11 is 0. The second kappa shape index (κ2) is 14.1. The Morgan fingerprint density at radius 3 is 2.49 bits per heavy atom. The van der Waals surface area contributed by atoms with Crippen molar-refractivity contribution in [2.24, 2.45) is 0 Å². The van der Waals surface area contributed by atoms with E-state index in [1.165, 1.54) is 37.4 Å². The number of nitrogens with zero attached hydrogens (tertiary/aromatic N) is 4. The molecule has 0 saturated heterocycles. The molecule has 1 amide bonds. The highest BCUT2D eigenvalue weighted by Crippen LogP contribution is 2.41. The normalized spacial score (nSPS) is 11.7. The molecule has 0 unspecified atom stereocenters. The highest BCUT2D eigenvalue weighted by molar-refractivity contribution is 7.50. The number of aliphatic hydroxyl groups excluding tert-OH is 1. The Kier molecular flexibility index (Phi) is 10.4. The fourth-order valence-electron chi connectivity index (χ4n) is 4.31. The van der Waals surface area contributed by atoms with E-state index >= 15 is 0 Å². The van der Waals surface area contributed by atoms with Crippen molar-refractivity contribution >= 4 is 36.6 Å². The first-order chi connectivity index (χ1) is 21.3. The molecule has 0 fully saturated rings. The number of aromatic nitrogens is 4. The van der Waals surface area contributed by atoms with Crippen molar-refractivity contribution < 1.29 is 42.2 Å². The van der Waals surface area contributed by atoms with Gasteiger partial charge >= 0.3 is 13.8 Å². The lowest BCUT2D eigenvalue weighted by molar-refractivity contribution is -0.137. The van der Waals surface area contributed by atoms with Gasteiger partial charge in [0.15, 0.2) is 0 Å². The number of nitrogens with one attached hydrogen (secondary N) is 3. The molecule has 0 saturated carbocycles. The number of ether oxygens (including phenoxy) is 1. The first-order valence-corrected chi connectivity index (χ1v) is 15.4. The van der Waals surface area contributed by atoms with Crippen LogP contribution in [0.4, 0.5) is 36.3 Å². The minimum absolute atomic E-state index is 0.00367. The summed E-state index contributed by atoms with van der Waals surface area (Å²) in [6.07, 6.45) is -0.979. The fourth-order valence-corrected chi connectivity index (χ4v) is 4.98. The second-order valence-corrected chi connectivity index (χ2v) is 11.4. The van der Waals surface area contributed by atoms with Gasteiger partial charge in [0.25, 0.3) is 5.91 Å². The zero-order valence-electron chi connectivity index (χ0n) is 24.2. The molecule has 2 aromatic heterocycles. The van der Waals surface area contributed by atoms with Gasteiger partial charge in [-0.25, -0.2) is 4.98 Å². The van der Waals surface area contributed by atoms with Crippen LogP contribution >= 0.6 is 7.60 Å². The summed E-state index contributed by atoms with van der Waals surface area (Å²) in [5.74, 6) is -1.27. The number of hydrogen-bond acceptors (Lipinski definition) is 9. The maximum Gasteiger partial charge on any atom is 0.421 e. The molecule has 2 aromatic carbocycles. The van der Waals surface area contributed by atoms with E-state index in [2.05, 4.69) is 31.0 Å². The lowest BCUT2D eigenvalue weighted by Gasteiger charge is -2.18. The SMILES string of the molecule is CCNC(=O)c1cc(-c2cnn(CCCO)c2)ccc1Nc1nc(Nc2ccc(CP(=O)(O)O)cc2OC)ncc1C(F)(F)F. The van der Waals surface area contributed by atoms with Gasteiger partial charge in [-0.1, -0.05) is 12.1 Å². The van der Waals surface area contributed by atoms with Crippen molar-refractivity contribution in [1.82, 2.24) is 25.1 Å². The molecule has 4 rings (SSSR count). The summed E-state index contributed by atoms with van der Waals surface area (Å²) < 4.78 is 60.4. The maximum atomic E-state index is 14.0. The van der Waals surface area contributed by atoms with Gasteiger partial charge in [0.2, 0.25) is 5.95 Å². The van der Waals surface area contributed by atoms with Crippen LogP contribution in [0.1, 0.15) is 34.8 Å². The number of hydrogen-bond donors (Lipinski definition) is 6. The maximum absolute atomic E-state index is 14.0. The lowest BCUT2D eigenvalue weighted by Crippen LogP contribution is -2.24. The van der Waals surface area contributed by atoms with Gasteiger partial charge < -0.3 is 35.6 Å². The Bertz CT molecular complexity index is 1710. The first kappa shape index (κ1) is 33.4. The van der Waals surface area contributed by atoms with Crippen LogP contribution in [-0.2, 0) is 23.4 Å². The third kappa shape index (κ3) is 8.79. The average molecular weight is 650 g/mol. The van der Waals surface area contributed by atoms with Gasteiger partial charge in [0, 0.05) is 37.7 Å². The molecule has 4 aromatic rings. The zero-order valence-corrected chi connectivity index (χ0v) is 25.1. The van der Waals surface area contributed by atoms with Crippen molar-refractivity contribution in [3.63, 3.8) is 0 Å². The van der Waals surface area contributed by atoms with Crippen LogP contribution < -0.4 is 20.7 Å². The van der Waals surface area contributed by atoms with E-state index in [9.17, 15) is 32.3 Å². The molecule has 0 bridgehead atoms. The Labute approximate surface area is 255 Å². The molecule has 0 aliphatic carbocycles. The zero-order chi connectivity index (χ0) is 32.8. The third-order valence-electron chi connectivity index (χ3n) is 6.36.